The second-order valence-corrected chi connectivity index (χ2v) is 14.3. The van der Waals surface area contributed by atoms with E-state index in [1.807, 2.05) is 4.90 Å². The maximum Gasteiger partial charge on any atom is 0.418 e. The third-order valence-electron chi connectivity index (χ3n) is 10.7. The number of anilines is 2. The van der Waals surface area contributed by atoms with Crippen molar-refractivity contribution in [3.8, 4) is 23.1 Å². The summed E-state index contributed by atoms with van der Waals surface area (Å²) in [4.78, 5) is 21.1. The number of likely N-dealkylation sites (N-methyl/N-ethyl adjacent to an activating group) is 1. The normalized spacial score (nSPS) is 29.2. The second-order valence-electron chi connectivity index (χ2n) is 13.8. The molecular weight excluding hydrogens is 661 g/mol. The molecule has 1 saturated carbocycles. The predicted octanol–water partition coefficient (Wildman–Crippen LogP) is 5.85. The van der Waals surface area contributed by atoms with Gasteiger partial charge in [0.05, 0.1) is 47.7 Å². The zero-order valence-corrected chi connectivity index (χ0v) is 26.6. The average Bonchev–Trinajstić information content (AvgIpc) is 3.50. The highest BCUT2D eigenvalue weighted by atomic mass is 35.5. The molecule has 2 atom stereocenters. The van der Waals surface area contributed by atoms with Crippen LogP contribution < -0.4 is 20.1 Å². The van der Waals surface area contributed by atoms with Gasteiger partial charge in [-0.25, -0.2) is 20.3 Å². The highest BCUT2D eigenvalue weighted by Gasteiger charge is 2.60. The molecule has 0 radical (unpaired) electrons. The van der Waals surface area contributed by atoms with Crippen LogP contribution in [0.4, 0.5) is 33.5 Å². The first-order valence-corrected chi connectivity index (χ1v) is 16.1. The molecule has 16 heteroatoms. The lowest BCUT2D eigenvalue weighted by molar-refractivity contribution is -0.137. The summed E-state index contributed by atoms with van der Waals surface area (Å²) in [5.74, 6) is -1.17. The van der Waals surface area contributed by atoms with Crippen LogP contribution in [-0.2, 0) is 10.9 Å². The Morgan fingerprint density at radius 3 is 2.65 bits per heavy atom. The van der Waals surface area contributed by atoms with Gasteiger partial charge in [0.25, 0.3) is 0 Å². The van der Waals surface area contributed by atoms with Crippen LogP contribution in [0.5, 0.6) is 11.9 Å². The molecule has 2 spiro atoms. The number of hydrogen-bond acceptors (Lipinski definition) is 9. The van der Waals surface area contributed by atoms with Gasteiger partial charge in [-0.1, -0.05) is 11.6 Å². The topological polar surface area (TPSA) is 103 Å². The van der Waals surface area contributed by atoms with E-state index in [0.29, 0.717) is 45.4 Å². The predicted molar refractivity (Wildman–Crippen MR) is 165 cm³/mol. The maximum absolute atomic E-state index is 16.9. The van der Waals surface area contributed by atoms with E-state index in [1.165, 1.54) is 0 Å². The first kappa shape index (κ1) is 31.5. The first-order chi connectivity index (χ1) is 22.8. The highest BCUT2D eigenvalue weighted by Crippen LogP contribution is 2.53. The summed E-state index contributed by atoms with van der Waals surface area (Å²) >= 11 is 6.06. The molecule has 5 aliphatic rings. The largest absolute Gasteiger partial charge is 0.470 e. The number of ether oxygens (including phenoxy) is 3. The Kier molecular flexibility index (Phi) is 6.98. The van der Waals surface area contributed by atoms with Gasteiger partial charge in [0.15, 0.2) is 5.82 Å². The van der Waals surface area contributed by atoms with Crippen LogP contribution in [0.3, 0.4) is 0 Å². The fourth-order valence-corrected chi connectivity index (χ4v) is 8.68. The fraction of sp³-hybridized carbons (Fsp3) is 0.562. The van der Waals surface area contributed by atoms with Crippen LogP contribution in [0.25, 0.3) is 27.0 Å². The summed E-state index contributed by atoms with van der Waals surface area (Å²) in [7, 11) is 1.77. The summed E-state index contributed by atoms with van der Waals surface area (Å²) in [5.41, 5.74) is 0.558. The molecule has 4 aliphatic heterocycles. The number of nitrogen functional groups attached to an aromatic ring is 1. The van der Waals surface area contributed by atoms with E-state index in [9.17, 15) is 17.6 Å². The molecular formula is C32H31ClF5N7O3. The van der Waals surface area contributed by atoms with Crippen LogP contribution in [0, 0.1) is 12.4 Å². The third kappa shape index (κ3) is 4.74. The molecule has 3 saturated heterocycles. The lowest BCUT2D eigenvalue weighted by Gasteiger charge is -2.55. The lowest BCUT2D eigenvalue weighted by atomic mass is 9.67. The van der Waals surface area contributed by atoms with Crippen molar-refractivity contribution >= 4 is 34.0 Å². The number of aromatic nitrogens is 3. The number of alkyl halides is 4. The third-order valence-corrected chi connectivity index (χ3v) is 11.0. The van der Waals surface area contributed by atoms with Crippen molar-refractivity contribution in [3.05, 3.63) is 40.0 Å². The van der Waals surface area contributed by atoms with Gasteiger partial charge in [-0.15, -0.1) is 0 Å². The van der Waals surface area contributed by atoms with Gasteiger partial charge in [-0.3, -0.25) is 4.90 Å². The number of hydrogen-bond donors (Lipinski definition) is 1. The minimum absolute atomic E-state index is 0.0385. The Bertz CT molecular complexity index is 1880. The monoisotopic (exact) mass is 691 g/mol. The highest BCUT2D eigenvalue weighted by molar-refractivity contribution is 6.32. The van der Waals surface area contributed by atoms with Gasteiger partial charge in [-0.2, -0.15) is 23.1 Å². The number of nitrogens with two attached hydrogens (primary N) is 1. The Hall–Kier alpha value is -3.74. The van der Waals surface area contributed by atoms with E-state index in [0.717, 1.165) is 25.1 Å². The second kappa shape index (κ2) is 10.6. The van der Waals surface area contributed by atoms with Crippen molar-refractivity contribution in [2.24, 2.45) is 0 Å². The summed E-state index contributed by atoms with van der Waals surface area (Å²) in [6.45, 7) is 9.21. The minimum Gasteiger partial charge on any atom is -0.470 e. The van der Waals surface area contributed by atoms with Gasteiger partial charge in [0.1, 0.15) is 40.8 Å². The number of rotatable bonds is 4. The summed E-state index contributed by atoms with van der Waals surface area (Å²) < 4.78 is 93.0. The van der Waals surface area contributed by atoms with E-state index in [1.54, 1.807) is 7.05 Å². The standard InChI is InChI=1S/C32H31ClF5N7O3/c1-40-18-9-31(10-18)12-30(13-46-14-30)44(2)26-21-25(42-28(43-26)47-15-29-4-3-5-45(29)11-16(34)8-29)23(35)24(41-27(21)48-31)19-6-17(39)7-20(33)22(19)32(36,37)38/h6-7,16,18H,3-5,8-15,39H2,2H3/t16-,18?,29+,31?/m1/s1. The van der Waals surface area contributed by atoms with Gasteiger partial charge < -0.3 is 29.7 Å². The van der Waals surface area contributed by atoms with Crippen LogP contribution in [-0.4, -0.2) is 88.7 Å². The summed E-state index contributed by atoms with van der Waals surface area (Å²) in [5, 5.41) is -0.684. The molecule has 254 valence electrons. The lowest BCUT2D eigenvalue weighted by Crippen LogP contribution is -2.68. The Balaban J connectivity index is 1.34. The van der Waals surface area contributed by atoms with E-state index in [4.69, 9.17) is 43.1 Å². The number of pyridine rings is 1. The van der Waals surface area contributed by atoms with E-state index < -0.39 is 56.7 Å². The van der Waals surface area contributed by atoms with Gasteiger partial charge in [0.2, 0.25) is 11.9 Å². The van der Waals surface area contributed by atoms with E-state index >= 15 is 4.39 Å². The average molecular weight is 692 g/mol. The molecule has 10 nitrogen and oxygen atoms in total. The summed E-state index contributed by atoms with van der Waals surface area (Å²) in [6.07, 6.45) is -3.07. The number of halogens is 6. The van der Waals surface area contributed by atoms with Crippen LogP contribution >= 0.6 is 11.6 Å². The van der Waals surface area contributed by atoms with Gasteiger partial charge in [-0.05, 0) is 31.5 Å². The molecule has 1 aromatic carbocycles. The Morgan fingerprint density at radius 1 is 1.19 bits per heavy atom. The van der Waals surface area contributed by atoms with E-state index in [-0.39, 0.29) is 53.4 Å². The van der Waals surface area contributed by atoms with Crippen LogP contribution in [0.1, 0.15) is 44.1 Å². The van der Waals surface area contributed by atoms with Gasteiger partial charge in [0, 0.05) is 37.7 Å². The Labute approximate surface area is 277 Å². The molecule has 2 aromatic heterocycles. The quantitative estimate of drug-likeness (QED) is 0.205. The van der Waals surface area contributed by atoms with Gasteiger partial charge >= 0.3 is 12.2 Å². The minimum atomic E-state index is -4.99. The molecule has 1 aliphatic carbocycles. The SMILES string of the molecule is [C-]#[N+]C1CC2(C1)CC1(COC1)N(C)c1nc(OC[C@@]34CCCN3C[C@H](F)C4)nc3c(F)c(-c4cc(N)cc(Cl)c4C(F)(F)F)nc(c13)O2. The molecule has 6 heterocycles. The van der Waals surface area contributed by atoms with Crippen molar-refractivity contribution < 1.29 is 36.2 Å². The Morgan fingerprint density at radius 2 is 1.96 bits per heavy atom. The molecule has 2 N–H and O–H groups in total. The maximum atomic E-state index is 16.9. The molecule has 0 amide bonds. The molecule has 48 heavy (non-hydrogen) atoms. The smallest absolute Gasteiger partial charge is 0.418 e. The molecule has 4 fully saturated rings. The summed E-state index contributed by atoms with van der Waals surface area (Å²) in [6, 6.07) is 1.35. The number of fused-ring (bicyclic) bond motifs is 1. The van der Waals surface area contributed by atoms with Crippen molar-refractivity contribution in [1.82, 2.24) is 19.9 Å². The van der Waals surface area contributed by atoms with Crippen LogP contribution in [0.15, 0.2) is 12.1 Å². The van der Waals surface area contributed by atoms with Crippen LogP contribution in [0.2, 0.25) is 5.02 Å². The fourth-order valence-electron chi connectivity index (χ4n) is 8.35. The van der Waals surface area contributed by atoms with Crippen molar-refractivity contribution in [3.63, 3.8) is 0 Å². The molecule has 0 bridgehead atoms. The van der Waals surface area contributed by atoms with Crippen molar-refractivity contribution in [2.75, 3.05) is 50.6 Å². The molecule has 0 unspecified atom stereocenters. The van der Waals surface area contributed by atoms with E-state index in [2.05, 4.69) is 19.7 Å². The number of nitrogens with zero attached hydrogens (tertiary/aromatic N) is 6. The molecule has 3 aromatic rings. The van der Waals surface area contributed by atoms with Crippen molar-refractivity contribution in [2.45, 2.75) is 73.6 Å². The number of benzene rings is 1. The first-order valence-electron chi connectivity index (χ1n) is 15.7. The zero-order chi connectivity index (χ0) is 33.8. The zero-order valence-electron chi connectivity index (χ0n) is 25.8. The molecule has 8 rings (SSSR count). The van der Waals surface area contributed by atoms with Crippen molar-refractivity contribution in [1.29, 1.82) is 0 Å².